The van der Waals surface area contributed by atoms with E-state index in [2.05, 4.69) is 71.6 Å². The molecule has 2 fully saturated rings. The maximum absolute atomic E-state index is 13.5. The third kappa shape index (κ3) is 3.77. The number of methoxy groups -OCH3 is 1. The molecule has 0 N–H and O–H groups in total. The van der Waals surface area contributed by atoms with E-state index in [-0.39, 0.29) is 11.8 Å². The molecule has 1 spiro atoms. The van der Waals surface area contributed by atoms with E-state index in [0.717, 1.165) is 63.1 Å². The van der Waals surface area contributed by atoms with Crippen LogP contribution in [0.5, 0.6) is 11.5 Å². The lowest BCUT2D eigenvalue weighted by molar-refractivity contribution is -0.213. The molecule has 39 heavy (non-hydrogen) atoms. The lowest BCUT2D eigenvalue weighted by Gasteiger charge is -2.64. The quantitative estimate of drug-likeness (QED) is 0.356. The first-order chi connectivity index (χ1) is 19.2. The van der Waals surface area contributed by atoms with Gasteiger partial charge in [-0.2, -0.15) is 0 Å². The first-order valence-corrected chi connectivity index (χ1v) is 14.5. The smallest absolute Gasteiger partial charge is 0.174 e. The van der Waals surface area contributed by atoms with Crippen molar-refractivity contribution in [3.8, 4) is 11.5 Å². The number of piperidine rings is 1. The summed E-state index contributed by atoms with van der Waals surface area (Å²) in [6, 6.07) is 25.8. The van der Waals surface area contributed by atoms with Crippen LogP contribution in [0.15, 0.2) is 72.8 Å². The van der Waals surface area contributed by atoms with Crippen LogP contribution >= 0.6 is 0 Å². The molecular formula is C34H37NO4. The molecule has 2 bridgehead atoms. The summed E-state index contributed by atoms with van der Waals surface area (Å²) in [5.41, 5.74) is 4.27. The maximum atomic E-state index is 13.5. The van der Waals surface area contributed by atoms with Gasteiger partial charge < -0.3 is 14.2 Å². The summed E-state index contributed by atoms with van der Waals surface area (Å²) in [6.45, 7) is 2.60. The van der Waals surface area contributed by atoms with E-state index in [0.29, 0.717) is 13.0 Å². The average Bonchev–Trinajstić information content (AvgIpc) is 3.33. The molecule has 4 aliphatic rings. The standard InChI is InChI=1S/C34H37NO4/c1-37-28-15-14-26-23-29-34(38-22-8-13-24-9-4-2-5-10-24)18-16-27(36)32-33(34,30(26)31(28)39-32)19-21-35(29)20-17-25-11-6-3-7-12-25/h2-7,9-12,14-15,29,32H,8,13,16-23H2,1H3/t29-,32+,33+,34-/m1/s1. The van der Waals surface area contributed by atoms with Gasteiger partial charge in [0, 0.05) is 31.2 Å². The number of ketones is 1. The van der Waals surface area contributed by atoms with E-state index in [9.17, 15) is 4.79 Å². The van der Waals surface area contributed by atoms with E-state index in [1.54, 1.807) is 7.11 Å². The van der Waals surface area contributed by atoms with E-state index in [4.69, 9.17) is 14.2 Å². The van der Waals surface area contributed by atoms with Gasteiger partial charge in [0.15, 0.2) is 23.4 Å². The number of rotatable bonds is 9. The summed E-state index contributed by atoms with van der Waals surface area (Å²) in [5, 5.41) is 0. The Morgan fingerprint density at radius 3 is 2.44 bits per heavy atom. The molecule has 0 aromatic heterocycles. The molecule has 5 nitrogen and oxygen atoms in total. The van der Waals surface area contributed by atoms with E-state index in [1.165, 1.54) is 22.3 Å². The van der Waals surface area contributed by atoms with Gasteiger partial charge in [-0.3, -0.25) is 9.69 Å². The molecule has 1 saturated heterocycles. The van der Waals surface area contributed by atoms with Crippen molar-refractivity contribution in [3.63, 3.8) is 0 Å². The lowest BCUT2D eigenvalue weighted by atomic mass is 9.48. The number of nitrogens with zero attached hydrogens (tertiary/aromatic N) is 1. The third-order valence-electron chi connectivity index (χ3n) is 9.88. The number of likely N-dealkylation sites (tertiary alicyclic amines) is 1. The van der Waals surface area contributed by atoms with Gasteiger partial charge in [0.2, 0.25) is 0 Å². The number of aryl methyl sites for hydroxylation is 1. The average molecular weight is 524 g/mol. The minimum absolute atomic E-state index is 0.206. The molecule has 2 aliphatic carbocycles. The number of ether oxygens (including phenoxy) is 3. The summed E-state index contributed by atoms with van der Waals surface area (Å²) in [5.74, 6) is 1.72. The molecule has 4 atom stereocenters. The molecule has 2 aliphatic heterocycles. The zero-order chi connectivity index (χ0) is 26.5. The Labute approximate surface area is 231 Å². The highest BCUT2D eigenvalue weighted by molar-refractivity contribution is 5.90. The molecule has 202 valence electrons. The largest absolute Gasteiger partial charge is 0.493 e. The predicted molar refractivity (Wildman–Crippen MR) is 151 cm³/mol. The number of hydrogen-bond donors (Lipinski definition) is 0. The van der Waals surface area contributed by atoms with Crippen LogP contribution in [0, 0.1) is 0 Å². The van der Waals surface area contributed by atoms with Crippen molar-refractivity contribution in [2.75, 3.05) is 26.8 Å². The zero-order valence-corrected chi connectivity index (χ0v) is 22.7. The van der Waals surface area contributed by atoms with Crippen LogP contribution in [-0.4, -0.2) is 55.2 Å². The monoisotopic (exact) mass is 523 g/mol. The Bertz CT molecular complexity index is 1360. The van der Waals surface area contributed by atoms with Crippen molar-refractivity contribution in [2.45, 2.75) is 68.1 Å². The Morgan fingerprint density at radius 2 is 1.69 bits per heavy atom. The summed E-state index contributed by atoms with van der Waals surface area (Å²) in [7, 11) is 1.69. The summed E-state index contributed by atoms with van der Waals surface area (Å²) in [4.78, 5) is 16.2. The fraction of sp³-hybridized carbons (Fsp3) is 0.441. The van der Waals surface area contributed by atoms with Gasteiger partial charge in [-0.05, 0) is 67.8 Å². The topological polar surface area (TPSA) is 48.0 Å². The molecule has 3 aromatic carbocycles. The molecule has 0 unspecified atom stereocenters. The van der Waals surface area contributed by atoms with Crippen LogP contribution in [0.4, 0.5) is 0 Å². The second-order valence-electron chi connectivity index (χ2n) is 11.6. The summed E-state index contributed by atoms with van der Waals surface area (Å²) in [6.07, 6.45) is 5.47. The first-order valence-electron chi connectivity index (χ1n) is 14.5. The molecule has 7 rings (SSSR count). The Kier molecular flexibility index (Phi) is 6.24. The van der Waals surface area contributed by atoms with E-state index in [1.807, 2.05) is 6.07 Å². The number of carbonyl (C=O) groups is 1. The van der Waals surface area contributed by atoms with Gasteiger partial charge in [-0.1, -0.05) is 66.7 Å². The van der Waals surface area contributed by atoms with Crippen molar-refractivity contribution in [3.05, 3.63) is 95.1 Å². The van der Waals surface area contributed by atoms with Crippen molar-refractivity contribution in [1.82, 2.24) is 4.90 Å². The van der Waals surface area contributed by atoms with Crippen LogP contribution < -0.4 is 9.47 Å². The summed E-state index contributed by atoms with van der Waals surface area (Å²) < 4.78 is 19.6. The second kappa shape index (κ2) is 9.79. The Hall–Kier alpha value is -3.15. The highest BCUT2D eigenvalue weighted by Gasteiger charge is 2.74. The van der Waals surface area contributed by atoms with Gasteiger partial charge in [-0.15, -0.1) is 0 Å². The fourth-order valence-corrected chi connectivity index (χ4v) is 8.19. The molecule has 0 radical (unpaired) electrons. The van der Waals surface area contributed by atoms with Crippen LogP contribution in [-0.2, 0) is 34.2 Å². The fourth-order valence-electron chi connectivity index (χ4n) is 8.19. The van der Waals surface area contributed by atoms with Crippen LogP contribution in [0.25, 0.3) is 0 Å². The Morgan fingerprint density at radius 1 is 0.949 bits per heavy atom. The normalized spacial score (nSPS) is 28.6. The van der Waals surface area contributed by atoms with Crippen LogP contribution in [0.1, 0.15) is 47.9 Å². The number of hydrogen-bond acceptors (Lipinski definition) is 5. The minimum atomic E-state index is -0.496. The molecule has 0 amide bonds. The lowest BCUT2D eigenvalue weighted by Crippen LogP contribution is -2.77. The highest BCUT2D eigenvalue weighted by Crippen LogP contribution is 2.66. The molecule has 5 heteroatoms. The van der Waals surface area contributed by atoms with Crippen molar-refractivity contribution in [2.24, 2.45) is 0 Å². The predicted octanol–water partition coefficient (Wildman–Crippen LogP) is 5.32. The van der Waals surface area contributed by atoms with E-state index >= 15 is 0 Å². The SMILES string of the molecule is COc1ccc2c3c1O[C@H]1C(=O)CC[C@@]4(OCCCc5ccccc5)[C@@H](C2)N(CCc2ccccc2)CC[C@]314. The van der Waals surface area contributed by atoms with Gasteiger partial charge in [-0.25, -0.2) is 0 Å². The molecule has 1 saturated carbocycles. The highest BCUT2D eigenvalue weighted by atomic mass is 16.5. The zero-order valence-electron chi connectivity index (χ0n) is 22.7. The number of Topliss-reactive ketones (excluding diaryl/α,β-unsaturated/α-hetero) is 1. The molecule has 3 aromatic rings. The second-order valence-corrected chi connectivity index (χ2v) is 11.6. The first kappa shape index (κ1) is 24.9. The Balaban J connectivity index is 1.26. The van der Waals surface area contributed by atoms with Gasteiger partial charge in [0.1, 0.15) is 0 Å². The minimum Gasteiger partial charge on any atom is -0.493 e. The van der Waals surface area contributed by atoms with Gasteiger partial charge in [0.25, 0.3) is 0 Å². The number of benzene rings is 3. The van der Waals surface area contributed by atoms with Crippen LogP contribution in [0.3, 0.4) is 0 Å². The molecular weight excluding hydrogens is 486 g/mol. The number of carbonyl (C=O) groups excluding carboxylic acids is 1. The van der Waals surface area contributed by atoms with E-state index < -0.39 is 17.1 Å². The summed E-state index contributed by atoms with van der Waals surface area (Å²) >= 11 is 0. The van der Waals surface area contributed by atoms with Gasteiger partial charge >= 0.3 is 0 Å². The third-order valence-corrected chi connectivity index (χ3v) is 9.88. The maximum Gasteiger partial charge on any atom is 0.174 e. The van der Waals surface area contributed by atoms with Crippen LogP contribution in [0.2, 0.25) is 0 Å². The molecule has 2 heterocycles. The van der Waals surface area contributed by atoms with Crippen molar-refractivity contribution in [1.29, 1.82) is 0 Å². The van der Waals surface area contributed by atoms with Crippen molar-refractivity contribution < 1.29 is 19.0 Å². The van der Waals surface area contributed by atoms with Crippen molar-refractivity contribution >= 4 is 5.78 Å². The van der Waals surface area contributed by atoms with Gasteiger partial charge in [0.05, 0.1) is 18.1 Å².